The van der Waals surface area contributed by atoms with Gasteiger partial charge >= 0.3 is 10.4 Å². The molecular weight excluding hydrogens is 1120 g/mol. The quantitative estimate of drug-likeness (QED) is 0.0541. The zero-order valence-corrected chi connectivity index (χ0v) is 49.0. The predicted octanol–water partition coefficient (Wildman–Crippen LogP) is -2.25. The van der Waals surface area contributed by atoms with Crippen LogP contribution >= 0.6 is 0 Å². The van der Waals surface area contributed by atoms with Crippen LogP contribution in [0.5, 0.6) is 0 Å². The zero-order valence-electron chi connectivity index (χ0n) is 48.2. The molecule has 0 aromatic rings. The third kappa shape index (κ3) is 13.0. The van der Waals surface area contributed by atoms with Gasteiger partial charge in [0, 0.05) is 0 Å². The van der Waals surface area contributed by atoms with Gasteiger partial charge in [-0.15, -0.1) is 0 Å². The fourth-order valence-corrected chi connectivity index (χ4v) is 15.9. The summed E-state index contributed by atoms with van der Waals surface area (Å²) >= 11 is 0. The molecule has 27 nitrogen and oxygen atoms in total. The molecule has 0 radical (unpaired) electrons. The van der Waals surface area contributed by atoms with E-state index >= 15 is 0 Å². The van der Waals surface area contributed by atoms with Crippen LogP contribution in [-0.4, -0.2) is 258 Å². The highest BCUT2D eigenvalue weighted by atomic mass is 32.3. The van der Waals surface area contributed by atoms with Crippen molar-refractivity contribution in [3.8, 4) is 0 Å². The normalized spacial score (nSPS) is 51.7. The van der Waals surface area contributed by atoms with Gasteiger partial charge in [-0.1, -0.05) is 39.3 Å². The lowest BCUT2D eigenvalue weighted by molar-refractivity contribution is -0.394. The maximum absolute atomic E-state index is 12.4. The Balaban J connectivity index is 0.973. The molecule has 5 saturated heterocycles. The summed E-state index contributed by atoms with van der Waals surface area (Å²) in [5, 5.41) is 146. The van der Waals surface area contributed by atoms with Crippen LogP contribution < -0.4 is 0 Å². The molecule has 33 atom stereocenters. The van der Waals surface area contributed by atoms with Crippen LogP contribution in [0, 0.1) is 40.4 Å². The number of hydrogen-bond donors (Lipinski definition) is 14. The van der Waals surface area contributed by atoms with E-state index in [4.69, 9.17) is 51.6 Å². The highest BCUT2D eigenvalue weighted by Gasteiger charge is 2.64. The van der Waals surface area contributed by atoms with E-state index in [1.165, 1.54) is 20.8 Å². The van der Waals surface area contributed by atoms with E-state index in [1.807, 2.05) is 0 Å². The molecule has 14 N–H and O–H groups in total. The summed E-state index contributed by atoms with van der Waals surface area (Å²) in [5.74, 6) is -0.559. The summed E-state index contributed by atoms with van der Waals surface area (Å²) in [5.41, 5.74) is -1.33. The summed E-state index contributed by atoms with van der Waals surface area (Å²) in [6, 6.07) is 0. The molecule has 0 aromatic heterocycles. The van der Waals surface area contributed by atoms with Gasteiger partial charge in [-0.3, -0.25) is 4.55 Å². The number of ether oxygens (including phenoxy) is 10. The minimum atomic E-state index is -4.87. The summed E-state index contributed by atoms with van der Waals surface area (Å²) in [6.07, 6.45) is -33.9. The van der Waals surface area contributed by atoms with Crippen molar-refractivity contribution >= 4 is 10.4 Å². The molecule has 4 aliphatic carbocycles. The highest BCUT2D eigenvalue weighted by Crippen LogP contribution is 2.67. The lowest BCUT2D eigenvalue weighted by atomic mass is 9.47. The topological polar surface area (TPSA) is 419 Å². The van der Waals surface area contributed by atoms with E-state index in [0.29, 0.717) is 38.0 Å². The van der Waals surface area contributed by atoms with Crippen molar-refractivity contribution in [2.24, 2.45) is 40.4 Å². The van der Waals surface area contributed by atoms with Gasteiger partial charge in [-0.25, -0.2) is 4.18 Å². The molecule has 0 spiro atoms. The fourth-order valence-electron chi connectivity index (χ4n) is 15.4. The number of rotatable bonds is 17. The molecule has 5 heterocycles. The molecule has 9 rings (SSSR count). The Hall–Kier alpha value is -1.31. The molecule has 0 amide bonds. The minimum Gasteiger partial charge on any atom is -0.390 e. The Morgan fingerprint density at radius 1 is 0.614 bits per heavy atom. The van der Waals surface area contributed by atoms with Gasteiger partial charge in [-0.2, -0.15) is 8.42 Å². The van der Waals surface area contributed by atoms with Crippen molar-refractivity contribution in [3.05, 3.63) is 11.6 Å². The number of fused-ring (bicyclic) bond motifs is 5. The van der Waals surface area contributed by atoms with Gasteiger partial charge < -0.3 is 114 Å². The first kappa shape index (κ1) is 66.1. The van der Waals surface area contributed by atoms with Crippen LogP contribution in [0.3, 0.4) is 0 Å². The zero-order chi connectivity index (χ0) is 60.7. The molecular formula is C55H92O27S. The van der Waals surface area contributed by atoms with E-state index in [-0.39, 0.29) is 30.6 Å². The Morgan fingerprint density at radius 3 is 1.73 bits per heavy atom. The van der Waals surface area contributed by atoms with Crippen molar-refractivity contribution in [3.63, 3.8) is 0 Å². The van der Waals surface area contributed by atoms with Gasteiger partial charge in [0.15, 0.2) is 31.5 Å². The van der Waals surface area contributed by atoms with Crippen LogP contribution in [-0.2, 0) is 62.0 Å². The third-order valence-corrected chi connectivity index (χ3v) is 20.9. The molecule has 8 fully saturated rings. The van der Waals surface area contributed by atoms with Crippen molar-refractivity contribution in [1.29, 1.82) is 0 Å². The Labute approximate surface area is 483 Å². The first-order chi connectivity index (χ1) is 38.8. The monoisotopic (exact) mass is 1220 g/mol. The smallest absolute Gasteiger partial charge is 0.390 e. The summed E-state index contributed by atoms with van der Waals surface area (Å²) in [6.45, 7) is 13.3. The largest absolute Gasteiger partial charge is 0.397 e. The van der Waals surface area contributed by atoms with E-state index in [1.54, 1.807) is 6.92 Å². The molecule has 3 saturated carbocycles. The van der Waals surface area contributed by atoms with E-state index < -0.39 is 206 Å². The molecule has 480 valence electrons. The van der Waals surface area contributed by atoms with Crippen LogP contribution in [0.25, 0.3) is 0 Å². The number of hydrogen-bond acceptors (Lipinski definition) is 26. The van der Waals surface area contributed by atoms with Gasteiger partial charge in [0.1, 0.15) is 91.6 Å². The average Bonchev–Trinajstić information content (AvgIpc) is 2.34. The van der Waals surface area contributed by atoms with Crippen LogP contribution in [0.1, 0.15) is 113 Å². The van der Waals surface area contributed by atoms with E-state index in [9.17, 15) is 79.4 Å². The Kier molecular flexibility index (Phi) is 20.3. The standard InChI is InChI=1S/C55H92O27S/c1-21(2)9-12-34(57)55(8,68)33-11-10-27-26-18-31(29-17-25(82-83(69,70)71)13-15-53(29,6)28(26)14-16-54(27,33)7)77-50-44(67)45(37(60)24(5)76-50)79-52-47(81-49-43(66)41(64)36(59)23(4)75-49)39(62)32(20-73-52)78-51-46(38(61)30(56)19-72-51)80-48-42(65)40(63)35(58)22(3)74-48/h14,21-27,29-52,56-68H,9-13,15-20H2,1-8H3,(H,69,70,71)/t22-,23-,24-,25+,26+,27+,29-,30-,31+,32-,33+,34+,35+,36-,37-,38+,39+,40+,41+,42-,43-,44-,45+,46-,47-,48+,49+,50+,51+,52+,53-,54+,55-/m1/s1. The average molecular weight is 1220 g/mol. The lowest BCUT2D eigenvalue weighted by Crippen LogP contribution is -2.66. The molecule has 28 heteroatoms. The maximum atomic E-state index is 12.4. The van der Waals surface area contributed by atoms with Gasteiger partial charge in [0.05, 0.1) is 55.4 Å². The summed E-state index contributed by atoms with van der Waals surface area (Å²) in [4.78, 5) is 0. The molecule has 0 unspecified atom stereocenters. The van der Waals surface area contributed by atoms with Gasteiger partial charge in [-0.05, 0) is 126 Å². The van der Waals surface area contributed by atoms with Gasteiger partial charge in [0.2, 0.25) is 0 Å². The summed E-state index contributed by atoms with van der Waals surface area (Å²) < 4.78 is 100. The SMILES string of the molecule is CC(C)CC[C@H](O)[C@](C)(O)[C@H]1CC[C@H]2[C@@H]3C[C@H](O[C@@H]4O[C@H](C)[C@@H](O)[C@H](O[C@@H]5OC[C@@H](O[C@@H]6OC[C@@H](O)[C@H](O)[C@H]6O[C@@H]6O[C@H](C)[C@H](O)[C@H](O)[C@H]6O)[C@H](O)[C@H]5O[C@@H]5O[C@H](C)[C@@H](O)[C@H](O)[C@H]5O)[C@H]4O)[C@H]4C[C@@H](OS(=O)(=O)O)CC[C@]4(C)C3=CC[C@]12C. The highest BCUT2D eigenvalue weighted by molar-refractivity contribution is 7.80. The Morgan fingerprint density at radius 2 is 1.14 bits per heavy atom. The van der Waals surface area contributed by atoms with Gasteiger partial charge in [0.25, 0.3) is 0 Å². The number of allylic oxidation sites excluding steroid dienone is 2. The fraction of sp³-hybridized carbons (Fsp3) is 0.964. The van der Waals surface area contributed by atoms with Crippen molar-refractivity contribution < 1.29 is 131 Å². The molecule has 9 aliphatic rings. The van der Waals surface area contributed by atoms with E-state index in [2.05, 4.69) is 33.8 Å². The predicted molar refractivity (Wildman–Crippen MR) is 281 cm³/mol. The number of aliphatic hydroxyl groups excluding tert-OH is 12. The second kappa shape index (κ2) is 25.5. The van der Waals surface area contributed by atoms with Crippen molar-refractivity contribution in [1.82, 2.24) is 0 Å². The van der Waals surface area contributed by atoms with Crippen molar-refractivity contribution in [2.45, 2.75) is 278 Å². The second-order valence-electron chi connectivity index (χ2n) is 26.3. The Bertz CT molecular complexity index is 2320. The lowest BCUT2D eigenvalue weighted by Gasteiger charge is -2.60. The molecule has 5 aliphatic heterocycles. The minimum absolute atomic E-state index is 0.00555. The number of aliphatic hydroxyl groups is 13. The summed E-state index contributed by atoms with van der Waals surface area (Å²) in [7, 11) is -4.87. The third-order valence-electron chi connectivity index (χ3n) is 20.4. The van der Waals surface area contributed by atoms with E-state index in [0.717, 1.165) is 18.4 Å². The first-order valence-electron chi connectivity index (χ1n) is 29.5. The van der Waals surface area contributed by atoms with Crippen LogP contribution in [0.15, 0.2) is 11.6 Å². The first-order valence-corrected chi connectivity index (χ1v) is 30.9. The molecule has 0 bridgehead atoms. The van der Waals surface area contributed by atoms with Crippen LogP contribution in [0.4, 0.5) is 0 Å². The van der Waals surface area contributed by atoms with Crippen molar-refractivity contribution in [2.75, 3.05) is 13.2 Å². The second-order valence-corrected chi connectivity index (χ2v) is 27.3. The molecule has 83 heavy (non-hydrogen) atoms. The van der Waals surface area contributed by atoms with Crippen LogP contribution in [0.2, 0.25) is 0 Å². The maximum Gasteiger partial charge on any atom is 0.397 e. The molecule has 0 aromatic carbocycles.